The Kier molecular flexibility index (Phi) is 6.03. The van der Waals surface area contributed by atoms with Crippen LogP contribution in [0.4, 0.5) is 0 Å². The Morgan fingerprint density at radius 3 is 2.62 bits per heavy atom. The second-order valence-corrected chi connectivity index (χ2v) is 7.86. The highest BCUT2D eigenvalue weighted by atomic mass is 16.6. The van der Waals surface area contributed by atoms with Crippen LogP contribution in [0.15, 0.2) is 84.3 Å². The van der Waals surface area contributed by atoms with Gasteiger partial charge in [-0.2, -0.15) is 0 Å². The van der Waals surface area contributed by atoms with E-state index in [9.17, 15) is 0 Å². The maximum Gasteiger partial charge on any atom is 0.162 e. The zero-order chi connectivity index (χ0) is 23.3. The minimum atomic E-state index is 0.218. The number of methoxy groups -OCH3 is 1. The predicted molar refractivity (Wildman–Crippen MR) is 130 cm³/mol. The van der Waals surface area contributed by atoms with E-state index in [0.29, 0.717) is 12.2 Å². The number of nitrogens with zero attached hydrogens (tertiary/aromatic N) is 6. The molecule has 5 rings (SSSR count). The number of fused-ring (bicyclic) bond motifs is 1. The lowest BCUT2D eigenvalue weighted by Gasteiger charge is -2.03. The maximum atomic E-state index is 5.55. The largest absolute Gasteiger partial charge is 0.497 e. The maximum absolute atomic E-state index is 5.55. The van der Waals surface area contributed by atoms with Crippen LogP contribution in [0.1, 0.15) is 22.5 Å². The zero-order valence-electron chi connectivity index (χ0n) is 19.0. The van der Waals surface area contributed by atoms with Gasteiger partial charge in [0.1, 0.15) is 17.1 Å². The first-order valence-electron chi connectivity index (χ1n) is 10.9. The second-order valence-electron chi connectivity index (χ2n) is 7.86. The monoisotopic (exact) mass is 452 g/mol. The molecule has 5 aromatic rings. The molecule has 0 unspecified atom stereocenters. The molecular weight excluding hydrogens is 428 g/mol. The van der Waals surface area contributed by atoms with Crippen molar-refractivity contribution >= 4 is 11.9 Å². The normalized spacial score (nSPS) is 11.4. The summed E-state index contributed by atoms with van der Waals surface area (Å²) in [6.45, 7) is 2.88. The fourth-order valence-electron chi connectivity index (χ4n) is 3.74. The van der Waals surface area contributed by atoms with Crippen molar-refractivity contribution in [3.63, 3.8) is 0 Å². The average Bonchev–Trinajstić information content (AvgIpc) is 3.48. The van der Waals surface area contributed by atoms with E-state index in [-0.39, 0.29) is 6.61 Å². The molecule has 0 aliphatic rings. The summed E-state index contributed by atoms with van der Waals surface area (Å²) in [5.41, 5.74) is 6.52. The van der Waals surface area contributed by atoms with E-state index in [0.717, 1.165) is 39.5 Å². The number of benzene rings is 2. The van der Waals surface area contributed by atoms with Crippen molar-refractivity contribution in [3.8, 4) is 17.0 Å². The van der Waals surface area contributed by atoms with Crippen molar-refractivity contribution in [3.05, 3.63) is 102 Å². The summed E-state index contributed by atoms with van der Waals surface area (Å²) in [5, 5.41) is 12.6. The van der Waals surface area contributed by atoms with E-state index in [1.807, 2.05) is 90.4 Å². The van der Waals surface area contributed by atoms with Gasteiger partial charge in [0.2, 0.25) is 0 Å². The summed E-state index contributed by atoms with van der Waals surface area (Å²) < 4.78 is 8.99. The molecular formula is C26H24N6O2. The summed E-state index contributed by atoms with van der Waals surface area (Å²) >= 11 is 0. The quantitative estimate of drug-likeness (QED) is 0.256. The van der Waals surface area contributed by atoms with Gasteiger partial charge in [-0.15, -0.1) is 5.10 Å². The molecule has 0 bridgehead atoms. The van der Waals surface area contributed by atoms with Crippen LogP contribution in [0, 0.1) is 6.92 Å². The van der Waals surface area contributed by atoms with Crippen LogP contribution in [0.5, 0.6) is 5.75 Å². The third-order valence-electron chi connectivity index (χ3n) is 5.48. The SMILES string of the molecule is COc1ccc(Cn2cc(CO/N=C/c3c(-c4ccccc4)nc4c(C)cccn34)nn2)cc1. The van der Waals surface area contributed by atoms with Gasteiger partial charge in [0, 0.05) is 11.8 Å². The van der Waals surface area contributed by atoms with Crippen LogP contribution in [0.3, 0.4) is 0 Å². The summed E-state index contributed by atoms with van der Waals surface area (Å²) in [5.74, 6) is 0.825. The molecule has 0 saturated heterocycles. The summed E-state index contributed by atoms with van der Waals surface area (Å²) in [4.78, 5) is 10.4. The number of hydrogen-bond donors (Lipinski definition) is 0. The summed E-state index contributed by atoms with van der Waals surface area (Å²) in [7, 11) is 1.65. The number of aryl methyl sites for hydroxylation is 1. The average molecular weight is 453 g/mol. The van der Waals surface area contributed by atoms with Crippen LogP contribution < -0.4 is 4.74 Å². The van der Waals surface area contributed by atoms with Gasteiger partial charge in [-0.1, -0.05) is 58.9 Å². The van der Waals surface area contributed by atoms with Crippen molar-refractivity contribution in [1.82, 2.24) is 24.4 Å². The Balaban J connectivity index is 1.29. The molecule has 8 heteroatoms. The Morgan fingerprint density at radius 2 is 1.82 bits per heavy atom. The molecule has 0 aliphatic heterocycles. The highest BCUT2D eigenvalue weighted by Gasteiger charge is 2.13. The summed E-state index contributed by atoms with van der Waals surface area (Å²) in [6, 6.07) is 22.0. The lowest BCUT2D eigenvalue weighted by atomic mass is 10.1. The smallest absolute Gasteiger partial charge is 0.162 e. The van der Waals surface area contributed by atoms with E-state index < -0.39 is 0 Å². The Morgan fingerprint density at radius 1 is 1.00 bits per heavy atom. The predicted octanol–water partition coefficient (Wildman–Crippen LogP) is 4.51. The molecule has 0 fully saturated rings. The molecule has 0 amide bonds. The van der Waals surface area contributed by atoms with Crippen LogP contribution >= 0.6 is 0 Å². The lowest BCUT2D eigenvalue weighted by molar-refractivity contribution is 0.129. The Bertz CT molecular complexity index is 1420. The number of imidazole rings is 1. The number of rotatable bonds is 8. The highest BCUT2D eigenvalue weighted by Crippen LogP contribution is 2.24. The van der Waals surface area contributed by atoms with Gasteiger partial charge in [0.15, 0.2) is 6.61 Å². The molecule has 0 spiro atoms. The van der Waals surface area contributed by atoms with Crippen molar-refractivity contribution in [1.29, 1.82) is 0 Å². The first kappa shape index (κ1) is 21.4. The third-order valence-corrected chi connectivity index (χ3v) is 5.48. The number of aromatic nitrogens is 5. The van der Waals surface area contributed by atoms with E-state index >= 15 is 0 Å². The topological polar surface area (TPSA) is 78.8 Å². The molecule has 3 heterocycles. The van der Waals surface area contributed by atoms with Crippen LogP contribution in [-0.4, -0.2) is 37.7 Å². The molecule has 0 atom stereocenters. The van der Waals surface area contributed by atoms with Gasteiger partial charge in [-0.25, -0.2) is 9.67 Å². The van der Waals surface area contributed by atoms with Gasteiger partial charge in [-0.3, -0.25) is 4.40 Å². The van der Waals surface area contributed by atoms with E-state index in [1.165, 1.54) is 0 Å². The van der Waals surface area contributed by atoms with E-state index in [4.69, 9.17) is 14.6 Å². The first-order chi connectivity index (χ1) is 16.7. The van der Waals surface area contributed by atoms with Gasteiger partial charge < -0.3 is 9.57 Å². The minimum absolute atomic E-state index is 0.218. The molecule has 0 N–H and O–H groups in total. The van der Waals surface area contributed by atoms with E-state index in [2.05, 4.69) is 15.5 Å². The fourth-order valence-corrected chi connectivity index (χ4v) is 3.74. The molecule has 34 heavy (non-hydrogen) atoms. The van der Waals surface area contributed by atoms with Gasteiger partial charge in [0.25, 0.3) is 0 Å². The third kappa shape index (κ3) is 4.52. The molecule has 0 aliphatic carbocycles. The number of hydrogen-bond acceptors (Lipinski definition) is 6. The second kappa shape index (κ2) is 9.58. The number of oxime groups is 1. The molecule has 2 aromatic carbocycles. The number of pyridine rings is 1. The number of ether oxygens (including phenoxy) is 1. The summed E-state index contributed by atoms with van der Waals surface area (Å²) in [6.07, 6.45) is 5.53. The van der Waals surface area contributed by atoms with Crippen molar-refractivity contribution < 1.29 is 9.57 Å². The lowest BCUT2D eigenvalue weighted by Crippen LogP contribution is -2.00. The van der Waals surface area contributed by atoms with E-state index in [1.54, 1.807) is 18.0 Å². The van der Waals surface area contributed by atoms with Gasteiger partial charge in [-0.05, 0) is 36.2 Å². The molecule has 3 aromatic heterocycles. The fraction of sp³-hybridized carbons (Fsp3) is 0.154. The Hall–Kier alpha value is -4.46. The Labute approximate surface area is 197 Å². The van der Waals surface area contributed by atoms with Crippen molar-refractivity contribution in [2.45, 2.75) is 20.1 Å². The standard InChI is InChI=1S/C26H24N6O2/c1-19-7-6-14-32-24(25(28-26(19)32)21-8-4-3-5-9-21)15-27-34-18-22-17-31(30-29-22)16-20-10-12-23(33-2)13-11-20/h3-15,17H,16,18H2,1-2H3/b27-15+. The molecule has 0 saturated carbocycles. The van der Waals surface area contributed by atoms with Crippen LogP contribution in [-0.2, 0) is 18.0 Å². The van der Waals surface area contributed by atoms with Gasteiger partial charge in [0.05, 0.1) is 37.5 Å². The molecule has 0 radical (unpaired) electrons. The minimum Gasteiger partial charge on any atom is -0.497 e. The van der Waals surface area contributed by atoms with Crippen molar-refractivity contribution in [2.24, 2.45) is 5.16 Å². The van der Waals surface area contributed by atoms with Crippen LogP contribution in [0.2, 0.25) is 0 Å². The zero-order valence-corrected chi connectivity index (χ0v) is 19.0. The molecule has 170 valence electrons. The van der Waals surface area contributed by atoms with Crippen molar-refractivity contribution in [2.75, 3.05) is 7.11 Å². The highest BCUT2D eigenvalue weighted by molar-refractivity contribution is 5.89. The van der Waals surface area contributed by atoms with Crippen LogP contribution in [0.25, 0.3) is 16.9 Å². The van der Waals surface area contributed by atoms with Gasteiger partial charge >= 0.3 is 0 Å². The molecule has 8 nitrogen and oxygen atoms in total. The first-order valence-corrected chi connectivity index (χ1v) is 10.9.